The summed E-state index contributed by atoms with van der Waals surface area (Å²) in [4.78, 5) is 29.4. The molecule has 9 heteroatoms. The normalized spacial score (nSPS) is 10.4. The minimum atomic E-state index is -0.511. The molecule has 0 unspecified atom stereocenters. The van der Waals surface area contributed by atoms with E-state index in [0.29, 0.717) is 17.0 Å². The zero-order valence-electron chi connectivity index (χ0n) is 16.9. The van der Waals surface area contributed by atoms with Crippen molar-refractivity contribution in [2.24, 2.45) is 0 Å². The molecule has 0 saturated carbocycles. The van der Waals surface area contributed by atoms with E-state index in [1.807, 2.05) is 18.2 Å². The largest absolute Gasteiger partial charge is 0.497 e. The zero-order valence-corrected chi connectivity index (χ0v) is 16.9. The third kappa shape index (κ3) is 4.62. The van der Waals surface area contributed by atoms with Gasteiger partial charge < -0.3 is 4.74 Å². The summed E-state index contributed by atoms with van der Waals surface area (Å²) in [6.45, 7) is 0. The van der Waals surface area contributed by atoms with E-state index in [4.69, 9.17) is 4.74 Å². The van der Waals surface area contributed by atoms with Crippen molar-refractivity contribution in [3.8, 4) is 11.4 Å². The first kappa shape index (κ1) is 20.7. The highest BCUT2D eigenvalue weighted by Gasteiger charge is 2.17. The number of hydrogen-bond acceptors (Lipinski definition) is 5. The molecule has 0 aliphatic carbocycles. The Morgan fingerprint density at radius 1 is 0.844 bits per heavy atom. The van der Waals surface area contributed by atoms with Gasteiger partial charge in [-0.05, 0) is 60.7 Å². The Balaban J connectivity index is 1.61. The topological polar surface area (TPSA) is 98.1 Å². The average Bonchev–Trinajstić information content (AvgIpc) is 3.22. The number of benzene rings is 3. The van der Waals surface area contributed by atoms with E-state index in [0.717, 1.165) is 0 Å². The highest BCUT2D eigenvalue weighted by atomic mass is 19.1. The number of nitrogens with one attached hydrogen (secondary N) is 2. The summed E-state index contributed by atoms with van der Waals surface area (Å²) >= 11 is 0. The van der Waals surface area contributed by atoms with Gasteiger partial charge in [-0.2, -0.15) is 9.67 Å². The van der Waals surface area contributed by atoms with Gasteiger partial charge in [-0.15, -0.1) is 5.10 Å². The molecule has 0 radical (unpaired) electrons. The zero-order chi connectivity index (χ0) is 22.5. The van der Waals surface area contributed by atoms with E-state index >= 15 is 0 Å². The van der Waals surface area contributed by atoms with Gasteiger partial charge >= 0.3 is 0 Å². The molecule has 3 aromatic carbocycles. The lowest BCUT2D eigenvalue weighted by Gasteiger charge is -2.07. The van der Waals surface area contributed by atoms with Crippen molar-refractivity contribution in [1.82, 2.24) is 14.8 Å². The van der Waals surface area contributed by atoms with Crippen molar-refractivity contribution >= 4 is 23.7 Å². The molecule has 2 N–H and O–H groups in total. The number of carbonyl (C=O) groups excluding carboxylic acids is 2. The Morgan fingerprint density at radius 2 is 1.44 bits per heavy atom. The number of nitrogens with zero attached hydrogens (tertiary/aromatic N) is 3. The van der Waals surface area contributed by atoms with Crippen molar-refractivity contribution in [3.05, 3.63) is 95.8 Å². The second-order valence-electron chi connectivity index (χ2n) is 6.65. The molecule has 0 saturated heterocycles. The highest BCUT2D eigenvalue weighted by molar-refractivity contribution is 6.05. The van der Waals surface area contributed by atoms with Crippen molar-refractivity contribution in [1.29, 1.82) is 0 Å². The lowest BCUT2D eigenvalue weighted by molar-refractivity contribution is 0.101. The number of methoxy groups -OCH3 is 1. The Hall–Kier alpha value is -4.53. The van der Waals surface area contributed by atoms with Gasteiger partial charge in [-0.25, -0.2) is 4.39 Å². The Labute approximate surface area is 182 Å². The third-order valence-corrected chi connectivity index (χ3v) is 4.52. The molecule has 0 fully saturated rings. The number of anilines is 2. The van der Waals surface area contributed by atoms with Crippen LogP contribution in [0.25, 0.3) is 5.69 Å². The Morgan fingerprint density at radius 3 is 2.06 bits per heavy atom. The molecule has 1 aromatic heterocycles. The van der Waals surface area contributed by atoms with E-state index in [2.05, 4.69) is 20.7 Å². The standard InChI is InChI=1S/C23H18FN5O3/c1-32-19-13-9-16(10-14-19)21(31)26-23-27-22(28-29(23)18-5-3-2-4-6-18)25-20(30)15-7-11-17(24)12-8-15/h2-14H,1H3,(H2,25,26,27,28,30,31). The molecule has 0 bridgehead atoms. The third-order valence-electron chi connectivity index (χ3n) is 4.52. The summed E-state index contributed by atoms with van der Waals surface area (Å²) in [6.07, 6.45) is 0. The maximum Gasteiger partial charge on any atom is 0.258 e. The number of rotatable bonds is 6. The summed E-state index contributed by atoms with van der Waals surface area (Å²) in [7, 11) is 1.54. The summed E-state index contributed by atoms with van der Waals surface area (Å²) in [6, 6.07) is 20.7. The van der Waals surface area contributed by atoms with Crippen LogP contribution in [0.3, 0.4) is 0 Å². The molecule has 32 heavy (non-hydrogen) atoms. The van der Waals surface area contributed by atoms with Crippen molar-refractivity contribution in [2.75, 3.05) is 17.7 Å². The van der Waals surface area contributed by atoms with E-state index in [1.54, 1.807) is 43.5 Å². The van der Waals surface area contributed by atoms with Crippen molar-refractivity contribution in [2.45, 2.75) is 0 Å². The molecule has 160 valence electrons. The van der Waals surface area contributed by atoms with Crippen LogP contribution in [-0.4, -0.2) is 33.7 Å². The summed E-state index contributed by atoms with van der Waals surface area (Å²) in [5, 5.41) is 9.58. The molecule has 0 aliphatic rings. The molecule has 0 spiro atoms. The number of para-hydroxylation sites is 1. The first-order valence-electron chi connectivity index (χ1n) is 9.58. The predicted octanol–water partition coefficient (Wildman–Crippen LogP) is 3.92. The van der Waals surface area contributed by atoms with Crippen LogP contribution in [0.4, 0.5) is 16.3 Å². The number of ether oxygens (including phenoxy) is 1. The van der Waals surface area contributed by atoms with Gasteiger partial charge in [0.2, 0.25) is 5.95 Å². The van der Waals surface area contributed by atoms with E-state index in [1.165, 1.54) is 28.9 Å². The minimum Gasteiger partial charge on any atom is -0.497 e. The highest BCUT2D eigenvalue weighted by Crippen LogP contribution is 2.18. The number of hydrogen-bond donors (Lipinski definition) is 2. The fourth-order valence-electron chi connectivity index (χ4n) is 2.89. The number of carbonyl (C=O) groups is 2. The quantitative estimate of drug-likeness (QED) is 0.482. The summed E-state index contributed by atoms with van der Waals surface area (Å²) in [5.41, 5.74) is 1.27. The van der Waals surface area contributed by atoms with Crippen LogP contribution < -0.4 is 15.4 Å². The fourth-order valence-corrected chi connectivity index (χ4v) is 2.89. The van der Waals surface area contributed by atoms with Crippen LogP contribution in [0.15, 0.2) is 78.9 Å². The maximum absolute atomic E-state index is 13.1. The molecule has 0 atom stereocenters. The monoisotopic (exact) mass is 431 g/mol. The molecular formula is C23H18FN5O3. The SMILES string of the molecule is COc1ccc(C(=O)Nc2nc(NC(=O)c3ccc(F)cc3)nn2-c2ccccc2)cc1. The van der Waals surface area contributed by atoms with Crippen molar-refractivity contribution < 1.29 is 18.7 Å². The smallest absolute Gasteiger partial charge is 0.258 e. The molecule has 0 aliphatic heterocycles. The second kappa shape index (κ2) is 9.09. The Bertz CT molecular complexity index is 1240. The first-order valence-corrected chi connectivity index (χ1v) is 9.58. The van der Waals surface area contributed by atoms with Gasteiger partial charge in [0, 0.05) is 11.1 Å². The van der Waals surface area contributed by atoms with Gasteiger partial charge in [-0.1, -0.05) is 18.2 Å². The first-order chi connectivity index (χ1) is 15.5. The van der Waals surface area contributed by atoms with Gasteiger partial charge in [-0.3, -0.25) is 20.2 Å². The van der Waals surface area contributed by atoms with Crippen LogP contribution in [-0.2, 0) is 0 Å². The number of halogens is 1. The number of amides is 2. The van der Waals surface area contributed by atoms with E-state index in [9.17, 15) is 14.0 Å². The molecule has 4 rings (SSSR count). The average molecular weight is 431 g/mol. The minimum absolute atomic E-state index is 0.0202. The molecule has 4 aromatic rings. The van der Waals surface area contributed by atoms with E-state index < -0.39 is 17.6 Å². The van der Waals surface area contributed by atoms with Crippen LogP contribution in [0.5, 0.6) is 5.75 Å². The van der Waals surface area contributed by atoms with E-state index in [-0.39, 0.29) is 17.5 Å². The Kier molecular flexibility index (Phi) is 5.89. The lowest BCUT2D eigenvalue weighted by atomic mass is 10.2. The second-order valence-corrected chi connectivity index (χ2v) is 6.65. The van der Waals surface area contributed by atoms with Gasteiger partial charge in [0.1, 0.15) is 11.6 Å². The molecule has 8 nitrogen and oxygen atoms in total. The summed E-state index contributed by atoms with van der Waals surface area (Å²) < 4.78 is 19.6. The van der Waals surface area contributed by atoms with Crippen LogP contribution in [0.2, 0.25) is 0 Å². The molecular weight excluding hydrogens is 413 g/mol. The fraction of sp³-hybridized carbons (Fsp3) is 0.0435. The van der Waals surface area contributed by atoms with Crippen LogP contribution in [0.1, 0.15) is 20.7 Å². The molecule has 1 heterocycles. The van der Waals surface area contributed by atoms with Gasteiger partial charge in [0.25, 0.3) is 17.8 Å². The van der Waals surface area contributed by atoms with Crippen LogP contribution >= 0.6 is 0 Å². The predicted molar refractivity (Wildman–Crippen MR) is 117 cm³/mol. The molecule has 2 amide bonds. The van der Waals surface area contributed by atoms with Crippen LogP contribution in [0, 0.1) is 5.82 Å². The van der Waals surface area contributed by atoms with Gasteiger partial charge in [0.15, 0.2) is 0 Å². The maximum atomic E-state index is 13.1. The summed E-state index contributed by atoms with van der Waals surface area (Å²) in [5.74, 6) is -0.645. The van der Waals surface area contributed by atoms with Gasteiger partial charge in [0.05, 0.1) is 12.8 Å². The lowest BCUT2D eigenvalue weighted by Crippen LogP contribution is -2.15. The van der Waals surface area contributed by atoms with Crippen molar-refractivity contribution in [3.63, 3.8) is 0 Å². The number of aromatic nitrogens is 3.